The summed E-state index contributed by atoms with van der Waals surface area (Å²) in [7, 11) is -2.56. The average molecular weight is 305 g/mol. The molecule has 0 aliphatic heterocycles. The summed E-state index contributed by atoms with van der Waals surface area (Å²) >= 11 is 0. The Bertz CT molecular complexity index is 334. The predicted octanol–water partition coefficient (Wildman–Crippen LogP) is 3.89. The molecule has 1 atom stereocenters. The van der Waals surface area contributed by atoms with E-state index in [0.29, 0.717) is 18.4 Å². The van der Waals surface area contributed by atoms with Crippen LogP contribution >= 0.6 is 8.25 Å². The molecule has 116 valence electrons. The average Bonchev–Trinajstić information content (AvgIpc) is 2.35. The summed E-state index contributed by atoms with van der Waals surface area (Å²) in [6.45, 7) is 9.51. The van der Waals surface area contributed by atoms with E-state index in [1.807, 2.05) is 13.8 Å². The molecule has 0 aromatic heterocycles. The highest BCUT2D eigenvalue weighted by Crippen LogP contribution is 2.31. The number of carbonyl (C=O) groups is 1. The van der Waals surface area contributed by atoms with Crippen molar-refractivity contribution in [2.75, 3.05) is 6.61 Å². The van der Waals surface area contributed by atoms with Crippen molar-refractivity contribution in [3.63, 3.8) is 0 Å². The molecular weight excluding hydrogens is 279 g/mol. The maximum Gasteiger partial charge on any atom is 0.694 e. The number of hydrogen-bond donors (Lipinski definition) is 1. The molecular formula is C14H26O5P+. The second-order valence-corrected chi connectivity index (χ2v) is 5.76. The number of hydrogen-bond acceptors (Lipinski definition) is 4. The molecule has 6 heteroatoms. The lowest BCUT2D eigenvalue weighted by Gasteiger charge is -2.33. The molecule has 0 saturated carbocycles. The number of esters is 1. The Kier molecular flexibility index (Phi) is 9.64. The molecule has 5 nitrogen and oxygen atoms in total. The maximum atomic E-state index is 11.8. The molecule has 0 aromatic carbocycles. The van der Waals surface area contributed by atoms with Crippen LogP contribution in [0.25, 0.3) is 0 Å². The topological polar surface area (TPSA) is 72.8 Å². The number of carbonyl (C=O) groups excluding carboxylic acids is 1. The van der Waals surface area contributed by atoms with Crippen LogP contribution in [0.15, 0.2) is 12.2 Å². The fourth-order valence-corrected chi connectivity index (χ4v) is 2.55. The zero-order chi connectivity index (χ0) is 15.6. The van der Waals surface area contributed by atoms with E-state index in [1.54, 1.807) is 6.92 Å². The Morgan fingerprint density at radius 3 is 2.20 bits per heavy atom. The van der Waals surface area contributed by atoms with Crippen LogP contribution in [0, 0.1) is 0 Å². The Hall–Kier alpha value is -0.770. The van der Waals surface area contributed by atoms with Gasteiger partial charge in [0.25, 0.3) is 0 Å². The van der Waals surface area contributed by atoms with E-state index >= 15 is 0 Å². The van der Waals surface area contributed by atoms with E-state index in [1.165, 1.54) is 0 Å². The van der Waals surface area contributed by atoms with Gasteiger partial charge in [-0.15, -0.1) is 9.42 Å². The second kappa shape index (κ2) is 10.0. The second-order valence-electron chi connectivity index (χ2n) is 5.03. The van der Waals surface area contributed by atoms with Gasteiger partial charge in [-0.1, -0.05) is 33.3 Å². The zero-order valence-corrected chi connectivity index (χ0v) is 13.6. The van der Waals surface area contributed by atoms with Crippen molar-refractivity contribution in [1.29, 1.82) is 0 Å². The fraction of sp³-hybridized carbons (Fsp3) is 0.786. The molecule has 0 saturated heterocycles. The molecule has 1 unspecified atom stereocenters. The Morgan fingerprint density at radius 1 is 1.25 bits per heavy atom. The lowest BCUT2D eigenvalue weighted by atomic mass is 9.87. The molecule has 0 rings (SSSR count). The first kappa shape index (κ1) is 19.2. The summed E-state index contributed by atoms with van der Waals surface area (Å²) in [5, 5.41) is 0. The number of ether oxygens (including phenoxy) is 1. The molecule has 0 aliphatic rings. The zero-order valence-electron chi connectivity index (χ0n) is 12.7. The minimum absolute atomic E-state index is 0.186. The van der Waals surface area contributed by atoms with Gasteiger partial charge in [0.05, 0.1) is 0 Å². The maximum absolute atomic E-state index is 11.8. The van der Waals surface area contributed by atoms with Crippen LogP contribution in [-0.4, -0.2) is 23.1 Å². The molecule has 0 amide bonds. The first-order valence-corrected chi connectivity index (χ1v) is 8.17. The third-order valence-corrected chi connectivity index (χ3v) is 3.45. The van der Waals surface area contributed by atoms with Crippen LogP contribution in [0.1, 0.15) is 59.3 Å². The van der Waals surface area contributed by atoms with Crippen molar-refractivity contribution in [3.05, 3.63) is 12.2 Å². The van der Waals surface area contributed by atoms with Gasteiger partial charge in [-0.05, 0) is 32.6 Å². The SMILES string of the molecule is C=C(C)C(=O)OC(CCC)(CCC)CCCO[P+](=O)O. The van der Waals surface area contributed by atoms with Crippen molar-refractivity contribution in [3.8, 4) is 0 Å². The van der Waals surface area contributed by atoms with Gasteiger partial charge in [-0.2, -0.15) is 0 Å². The monoisotopic (exact) mass is 305 g/mol. The predicted molar refractivity (Wildman–Crippen MR) is 78.5 cm³/mol. The third-order valence-electron chi connectivity index (χ3n) is 3.05. The Morgan fingerprint density at radius 2 is 1.80 bits per heavy atom. The molecule has 0 radical (unpaired) electrons. The highest BCUT2D eigenvalue weighted by Gasteiger charge is 2.32. The van der Waals surface area contributed by atoms with E-state index in [9.17, 15) is 9.36 Å². The first-order chi connectivity index (χ1) is 9.37. The summed E-state index contributed by atoms with van der Waals surface area (Å²) < 4.78 is 20.8. The van der Waals surface area contributed by atoms with Gasteiger partial charge in [-0.3, -0.25) is 0 Å². The van der Waals surface area contributed by atoms with E-state index in [-0.39, 0.29) is 12.6 Å². The van der Waals surface area contributed by atoms with Gasteiger partial charge in [0.1, 0.15) is 12.2 Å². The lowest BCUT2D eigenvalue weighted by Crippen LogP contribution is -2.35. The van der Waals surface area contributed by atoms with Crippen LogP contribution in [0.5, 0.6) is 0 Å². The molecule has 0 aromatic rings. The van der Waals surface area contributed by atoms with E-state index < -0.39 is 13.9 Å². The first-order valence-electron chi connectivity index (χ1n) is 7.04. The quantitative estimate of drug-likeness (QED) is 0.271. The molecule has 20 heavy (non-hydrogen) atoms. The summed E-state index contributed by atoms with van der Waals surface area (Å²) in [5.41, 5.74) is -0.138. The summed E-state index contributed by atoms with van der Waals surface area (Å²) in [6, 6.07) is 0. The minimum Gasteiger partial charge on any atom is -0.456 e. The van der Waals surface area contributed by atoms with Crippen LogP contribution < -0.4 is 0 Å². The van der Waals surface area contributed by atoms with Gasteiger partial charge in [0, 0.05) is 10.1 Å². The summed E-state index contributed by atoms with van der Waals surface area (Å²) in [6.07, 6.45) is 4.54. The van der Waals surface area contributed by atoms with Crippen LogP contribution in [0.3, 0.4) is 0 Å². The van der Waals surface area contributed by atoms with E-state index in [0.717, 1.165) is 25.7 Å². The molecule has 0 spiro atoms. The van der Waals surface area contributed by atoms with Gasteiger partial charge in [0.15, 0.2) is 0 Å². The summed E-state index contributed by atoms with van der Waals surface area (Å²) in [5.74, 6) is -0.374. The highest BCUT2D eigenvalue weighted by molar-refractivity contribution is 7.32. The molecule has 0 aliphatic carbocycles. The van der Waals surface area contributed by atoms with Crippen molar-refractivity contribution in [2.45, 2.75) is 64.9 Å². The standard InChI is InChI=1S/C14H25O5P/c1-5-8-14(9-6-2,19-13(15)12(3)4)10-7-11-18-20(16)17/h3,5-11H2,1-2,4H3/p+1. The molecule has 0 heterocycles. The van der Waals surface area contributed by atoms with Crippen molar-refractivity contribution >= 4 is 14.2 Å². The van der Waals surface area contributed by atoms with Gasteiger partial charge >= 0.3 is 14.2 Å². The summed E-state index contributed by atoms with van der Waals surface area (Å²) in [4.78, 5) is 20.4. The Labute approximate surface area is 122 Å². The lowest BCUT2D eigenvalue weighted by molar-refractivity contribution is -0.157. The largest absolute Gasteiger partial charge is 0.694 e. The van der Waals surface area contributed by atoms with Crippen molar-refractivity contribution in [1.82, 2.24) is 0 Å². The van der Waals surface area contributed by atoms with Crippen molar-refractivity contribution in [2.24, 2.45) is 0 Å². The smallest absolute Gasteiger partial charge is 0.456 e. The van der Waals surface area contributed by atoms with Gasteiger partial charge < -0.3 is 4.74 Å². The molecule has 0 bridgehead atoms. The van der Waals surface area contributed by atoms with Crippen molar-refractivity contribution < 1.29 is 23.5 Å². The minimum atomic E-state index is -2.56. The molecule has 1 N–H and O–H groups in total. The number of rotatable bonds is 11. The highest BCUT2D eigenvalue weighted by atomic mass is 31.1. The molecule has 0 fully saturated rings. The Balaban J connectivity index is 4.68. The van der Waals surface area contributed by atoms with Crippen LogP contribution in [-0.2, 0) is 18.6 Å². The van der Waals surface area contributed by atoms with E-state index in [2.05, 4.69) is 11.1 Å². The third kappa shape index (κ3) is 7.73. The van der Waals surface area contributed by atoms with Gasteiger partial charge in [-0.25, -0.2) is 4.79 Å². The van der Waals surface area contributed by atoms with E-state index in [4.69, 9.17) is 9.63 Å². The fourth-order valence-electron chi connectivity index (χ4n) is 2.26. The van der Waals surface area contributed by atoms with Gasteiger partial charge in [0.2, 0.25) is 0 Å². The van der Waals surface area contributed by atoms with Crippen LogP contribution in [0.2, 0.25) is 0 Å². The van der Waals surface area contributed by atoms with Crippen LogP contribution in [0.4, 0.5) is 0 Å². The normalized spacial score (nSPS) is 12.1.